The van der Waals surface area contributed by atoms with Gasteiger partial charge in [0.1, 0.15) is 17.4 Å². The summed E-state index contributed by atoms with van der Waals surface area (Å²) < 4.78 is 0. The number of hydrogen-bond donors (Lipinski definition) is 2. The van der Waals surface area contributed by atoms with Gasteiger partial charge in [0.25, 0.3) is 0 Å². The Hall–Kier alpha value is -2.96. The van der Waals surface area contributed by atoms with Crippen LogP contribution in [0.2, 0.25) is 0 Å². The molecule has 4 rings (SSSR count). The molecule has 1 aromatic carbocycles. The standard InChI is InChI=1S/C17H18N6O/c1-10-19-13-16(20-10)21-15(11-6-3-2-4-7-11)22-17(13)23-9-5-8-12(23)14(18)24/h2-4,6-7,12H,5,8-9H2,1H3,(H2,18,24)(H,19,20,21,22)/t12-/m0/s1. The van der Waals surface area contributed by atoms with Crippen molar-refractivity contribution in [2.45, 2.75) is 25.8 Å². The number of amides is 1. The highest BCUT2D eigenvalue weighted by atomic mass is 16.1. The molecule has 1 aliphatic rings. The number of carbonyl (C=O) groups excluding carboxylic acids is 1. The normalized spacial score (nSPS) is 17.5. The molecule has 0 unspecified atom stereocenters. The van der Waals surface area contributed by atoms with Gasteiger partial charge in [-0.2, -0.15) is 0 Å². The zero-order valence-corrected chi connectivity index (χ0v) is 13.4. The number of imidazole rings is 1. The Morgan fingerprint density at radius 3 is 2.79 bits per heavy atom. The summed E-state index contributed by atoms with van der Waals surface area (Å²) in [7, 11) is 0. The molecule has 1 aliphatic heterocycles. The van der Waals surface area contributed by atoms with Crippen LogP contribution in [0.25, 0.3) is 22.6 Å². The van der Waals surface area contributed by atoms with E-state index >= 15 is 0 Å². The van der Waals surface area contributed by atoms with E-state index in [0.717, 1.165) is 36.3 Å². The molecule has 1 amide bonds. The number of hydrogen-bond acceptors (Lipinski definition) is 5. The summed E-state index contributed by atoms with van der Waals surface area (Å²) in [5.41, 5.74) is 7.84. The van der Waals surface area contributed by atoms with Crippen molar-refractivity contribution in [1.82, 2.24) is 19.9 Å². The lowest BCUT2D eigenvalue weighted by atomic mass is 10.2. The lowest BCUT2D eigenvalue weighted by molar-refractivity contribution is -0.119. The van der Waals surface area contributed by atoms with Crippen LogP contribution < -0.4 is 10.6 Å². The van der Waals surface area contributed by atoms with Crippen LogP contribution in [0.4, 0.5) is 5.82 Å². The van der Waals surface area contributed by atoms with Gasteiger partial charge in [0, 0.05) is 12.1 Å². The molecule has 0 saturated carbocycles. The minimum atomic E-state index is -0.338. The maximum Gasteiger partial charge on any atom is 0.240 e. The molecule has 1 fully saturated rings. The molecular formula is C17H18N6O. The monoisotopic (exact) mass is 322 g/mol. The average Bonchev–Trinajstić information content (AvgIpc) is 3.20. The fourth-order valence-corrected chi connectivity index (χ4v) is 3.24. The molecule has 1 saturated heterocycles. The van der Waals surface area contributed by atoms with Crippen molar-refractivity contribution in [3.05, 3.63) is 36.2 Å². The van der Waals surface area contributed by atoms with Crippen molar-refractivity contribution >= 4 is 22.9 Å². The van der Waals surface area contributed by atoms with Gasteiger partial charge in [0.2, 0.25) is 5.91 Å². The minimum Gasteiger partial charge on any atom is -0.368 e. The van der Waals surface area contributed by atoms with Crippen molar-refractivity contribution in [2.75, 3.05) is 11.4 Å². The van der Waals surface area contributed by atoms with E-state index in [9.17, 15) is 4.79 Å². The molecule has 0 radical (unpaired) electrons. The van der Waals surface area contributed by atoms with Crippen LogP contribution in [0.1, 0.15) is 18.7 Å². The number of carbonyl (C=O) groups is 1. The zero-order valence-electron chi connectivity index (χ0n) is 13.4. The predicted molar refractivity (Wildman–Crippen MR) is 91.4 cm³/mol. The van der Waals surface area contributed by atoms with E-state index in [1.54, 1.807) is 0 Å². The summed E-state index contributed by atoms with van der Waals surface area (Å²) in [5, 5.41) is 0. The number of benzene rings is 1. The van der Waals surface area contributed by atoms with E-state index in [4.69, 9.17) is 10.7 Å². The van der Waals surface area contributed by atoms with Gasteiger partial charge in [-0.05, 0) is 19.8 Å². The van der Waals surface area contributed by atoms with Crippen molar-refractivity contribution in [2.24, 2.45) is 5.73 Å². The van der Waals surface area contributed by atoms with Crippen molar-refractivity contribution in [3.63, 3.8) is 0 Å². The van der Waals surface area contributed by atoms with Gasteiger partial charge in [-0.1, -0.05) is 30.3 Å². The van der Waals surface area contributed by atoms with Crippen LogP contribution >= 0.6 is 0 Å². The second-order valence-electron chi connectivity index (χ2n) is 6.01. The lowest BCUT2D eigenvalue weighted by Gasteiger charge is -2.23. The Morgan fingerprint density at radius 2 is 2.04 bits per heavy atom. The maximum atomic E-state index is 11.8. The van der Waals surface area contributed by atoms with Crippen LogP contribution in [-0.2, 0) is 4.79 Å². The average molecular weight is 322 g/mol. The molecule has 3 heterocycles. The Balaban J connectivity index is 1.91. The van der Waals surface area contributed by atoms with Gasteiger partial charge in [0.05, 0.1) is 0 Å². The summed E-state index contributed by atoms with van der Waals surface area (Å²) in [6, 6.07) is 9.42. The topological polar surface area (TPSA) is 101 Å². The van der Waals surface area contributed by atoms with E-state index in [-0.39, 0.29) is 11.9 Å². The molecule has 122 valence electrons. The number of aromatic amines is 1. The third-order valence-electron chi connectivity index (χ3n) is 4.34. The molecule has 1 atom stereocenters. The molecule has 24 heavy (non-hydrogen) atoms. The van der Waals surface area contributed by atoms with Gasteiger partial charge >= 0.3 is 0 Å². The summed E-state index contributed by atoms with van der Waals surface area (Å²) in [6.45, 7) is 2.62. The van der Waals surface area contributed by atoms with Crippen LogP contribution in [0.15, 0.2) is 30.3 Å². The molecule has 3 aromatic rings. The Kier molecular flexibility index (Phi) is 3.41. The molecule has 2 aromatic heterocycles. The third kappa shape index (κ3) is 2.38. The van der Waals surface area contributed by atoms with E-state index in [0.29, 0.717) is 17.3 Å². The van der Waals surface area contributed by atoms with E-state index in [1.807, 2.05) is 42.2 Å². The number of rotatable bonds is 3. The van der Waals surface area contributed by atoms with Gasteiger partial charge < -0.3 is 15.6 Å². The minimum absolute atomic E-state index is 0.322. The number of primary amides is 1. The third-order valence-corrected chi connectivity index (χ3v) is 4.34. The zero-order chi connectivity index (χ0) is 16.7. The number of nitrogens with two attached hydrogens (primary N) is 1. The predicted octanol–water partition coefficient (Wildman–Crippen LogP) is 1.78. The fourth-order valence-electron chi connectivity index (χ4n) is 3.24. The number of fused-ring (bicyclic) bond motifs is 1. The quantitative estimate of drug-likeness (QED) is 0.765. The van der Waals surface area contributed by atoms with Crippen molar-refractivity contribution in [3.8, 4) is 11.4 Å². The van der Waals surface area contributed by atoms with Crippen LogP contribution in [0.3, 0.4) is 0 Å². The highest BCUT2D eigenvalue weighted by molar-refractivity contribution is 5.90. The first-order valence-electron chi connectivity index (χ1n) is 7.99. The largest absolute Gasteiger partial charge is 0.368 e. The highest BCUT2D eigenvalue weighted by Gasteiger charge is 2.32. The van der Waals surface area contributed by atoms with Gasteiger partial charge in [-0.25, -0.2) is 15.0 Å². The molecule has 0 spiro atoms. The smallest absolute Gasteiger partial charge is 0.240 e. The van der Waals surface area contributed by atoms with Gasteiger partial charge in [-0.3, -0.25) is 4.79 Å². The number of aryl methyl sites for hydroxylation is 1. The van der Waals surface area contributed by atoms with Crippen molar-refractivity contribution < 1.29 is 4.79 Å². The summed E-state index contributed by atoms with van der Waals surface area (Å²) >= 11 is 0. The first-order chi connectivity index (χ1) is 11.6. The lowest BCUT2D eigenvalue weighted by Crippen LogP contribution is -2.41. The number of anilines is 1. The summed E-state index contributed by atoms with van der Waals surface area (Å²) in [4.78, 5) is 30.7. The molecular weight excluding hydrogens is 304 g/mol. The second-order valence-corrected chi connectivity index (χ2v) is 6.01. The van der Waals surface area contributed by atoms with Crippen LogP contribution in [-0.4, -0.2) is 38.4 Å². The number of aromatic nitrogens is 4. The van der Waals surface area contributed by atoms with E-state index in [1.165, 1.54) is 0 Å². The molecule has 3 N–H and O–H groups in total. The Bertz CT molecular complexity index is 904. The highest BCUT2D eigenvalue weighted by Crippen LogP contribution is 2.31. The maximum absolute atomic E-state index is 11.8. The summed E-state index contributed by atoms with van der Waals surface area (Å²) in [6.07, 6.45) is 1.65. The fraction of sp³-hybridized carbons (Fsp3) is 0.294. The first-order valence-corrected chi connectivity index (χ1v) is 7.99. The molecule has 0 aliphatic carbocycles. The second kappa shape index (κ2) is 5.59. The van der Waals surface area contributed by atoms with Crippen LogP contribution in [0.5, 0.6) is 0 Å². The SMILES string of the molecule is Cc1nc2nc(-c3ccccc3)nc(N3CCC[C@H]3C(N)=O)c2[nH]1. The molecule has 7 heteroatoms. The van der Waals surface area contributed by atoms with Crippen molar-refractivity contribution in [1.29, 1.82) is 0 Å². The number of H-pyrrole nitrogens is 1. The van der Waals surface area contributed by atoms with Gasteiger partial charge in [0.15, 0.2) is 17.3 Å². The first kappa shape index (κ1) is 14.6. The number of nitrogens with zero attached hydrogens (tertiary/aromatic N) is 4. The Labute approximate surface area is 138 Å². The van der Waals surface area contributed by atoms with Gasteiger partial charge in [-0.15, -0.1) is 0 Å². The van der Waals surface area contributed by atoms with E-state index < -0.39 is 0 Å². The molecule has 7 nitrogen and oxygen atoms in total. The van der Waals surface area contributed by atoms with Crippen LogP contribution in [0, 0.1) is 6.92 Å². The van der Waals surface area contributed by atoms with E-state index in [2.05, 4.69) is 15.0 Å². The molecule has 0 bridgehead atoms. The number of nitrogens with one attached hydrogen (secondary N) is 1. The Morgan fingerprint density at radius 1 is 1.25 bits per heavy atom. The summed E-state index contributed by atoms with van der Waals surface area (Å²) in [5.74, 6) is 1.73.